The van der Waals surface area contributed by atoms with Crippen LogP contribution < -0.4 is 4.90 Å². The third-order valence-corrected chi connectivity index (χ3v) is 8.72. The maximum absolute atomic E-state index is 13.5. The lowest BCUT2D eigenvalue weighted by Gasteiger charge is -2.36. The number of fused-ring (bicyclic) bond motifs is 1. The van der Waals surface area contributed by atoms with Crippen molar-refractivity contribution in [3.63, 3.8) is 0 Å². The molecule has 0 N–H and O–H groups in total. The topological polar surface area (TPSA) is 108 Å². The summed E-state index contributed by atoms with van der Waals surface area (Å²) in [6.07, 6.45) is 1.27. The normalized spacial score (nSPS) is 23.2. The Morgan fingerprint density at radius 3 is 2.38 bits per heavy atom. The molecule has 0 bridgehead atoms. The molecule has 186 valence electrons. The summed E-state index contributed by atoms with van der Waals surface area (Å²) in [6.45, 7) is 7.18. The molecule has 0 unspecified atom stereocenters. The summed E-state index contributed by atoms with van der Waals surface area (Å²) >= 11 is 0. The average molecular weight is 493 g/mol. The van der Waals surface area contributed by atoms with Gasteiger partial charge in [0.05, 0.1) is 11.5 Å². The van der Waals surface area contributed by atoms with Crippen molar-refractivity contribution >= 4 is 33.6 Å². The lowest BCUT2D eigenvalue weighted by atomic mass is 10.1. The standard InChI is InChI=1S/C23H32N4O6S/c1-4-33-23(30)25-12-10-24(11-13-25)22(29)21-6-5-9-26(21)34(31,32)19-7-8-20-18(15-19)14-16(2)27(20)17(3)28/h7-8,15-16,21H,4-6,9-14H2,1-3H3/t16-,21+/m1/s1. The van der Waals surface area contributed by atoms with Crippen molar-refractivity contribution < 1.29 is 27.5 Å². The summed E-state index contributed by atoms with van der Waals surface area (Å²) in [5.41, 5.74) is 1.56. The molecule has 0 aliphatic carbocycles. The van der Waals surface area contributed by atoms with E-state index in [0.29, 0.717) is 52.0 Å². The molecule has 1 aromatic carbocycles. The first-order valence-corrected chi connectivity index (χ1v) is 13.2. The van der Waals surface area contributed by atoms with Crippen molar-refractivity contribution in [2.45, 2.75) is 57.0 Å². The van der Waals surface area contributed by atoms with E-state index < -0.39 is 22.2 Å². The van der Waals surface area contributed by atoms with E-state index in [1.54, 1.807) is 33.8 Å². The Bertz CT molecular complexity index is 1080. The van der Waals surface area contributed by atoms with Crippen LogP contribution in [-0.2, 0) is 30.8 Å². The fourth-order valence-electron chi connectivity index (χ4n) is 5.19. The van der Waals surface area contributed by atoms with Crippen LogP contribution in [0.3, 0.4) is 0 Å². The van der Waals surface area contributed by atoms with E-state index in [0.717, 1.165) is 11.3 Å². The second kappa shape index (κ2) is 9.53. The summed E-state index contributed by atoms with van der Waals surface area (Å²) in [5.74, 6) is -0.294. The fourth-order valence-corrected chi connectivity index (χ4v) is 6.89. The van der Waals surface area contributed by atoms with Crippen LogP contribution in [0.1, 0.15) is 39.2 Å². The summed E-state index contributed by atoms with van der Waals surface area (Å²) in [4.78, 5) is 42.2. The molecular formula is C23H32N4O6S. The number of carbonyl (C=O) groups is 3. The number of sulfonamides is 1. The molecule has 3 aliphatic rings. The molecule has 2 atom stereocenters. The predicted octanol–water partition coefficient (Wildman–Crippen LogP) is 1.44. The van der Waals surface area contributed by atoms with Crippen molar-refractivity contribution in [2.24, 2.45) is 0 Å². The Morgan fingerprint density at radius 2 is 1.74 bits per heavy atom. The number of carbonyl (C=O) groups excluding carboxylic acids is 3. The molecule has 3 heterocycles. The number of ether oxygens (including phenoxy) is 1. The molecule has 0 spiro atoms. The summed E-state index contributed by atoms with van der Waals surface area (Å²) in [6, 6.07) is 4.08. The highest BCUT2D eigenvalue weighted by Gasteiger charge is 2.42. The van der Waals surface area contributed by atoms with Gasteiger partial charge < -0.3 is 19.4 Å². The van der Waals surface area contributed by atoms with Crippen LogP contribution >= 0.6 is 0 Å². The van der Waals surface area contributed by atoms with Gasteiger partial charge in [0.2, 0.25) is 21.8 Å². The number of amides is 3. The number of hydrogen-bond donors (Lipinski definition) is 0. The van der Waals surface area contributed by atoms with Crippen molar-refractivity contribution in [2.75, 3.05) is 44.2 Å². The highest BCUT2D eigenvalue weighted by atomic mass is 32.2. The van der Waals surface area contributed by atoms with Gasteiger partial charge in [-0.25, -0.2) is 13.2 Å². The van der Waals surface area contributed by atoms with Crippen LogP contribution in [0.5, 0.6) is 0 Å². The number of nitrogens with zero attached hydrogens (tertiary/aromatic N) is 4. The first-order valence-electron chi connectivity index (χ1n) is 11.8. The van der Waals surface area contributed by atoms with E-state index in [1.807, 2.05) is 6.92 Å². The largest absolute Gasteiger partial charge is 0.450 e. The zero-order chi connectivity index (χ0) is 24.6. The van der Waals surface area contributed by atoms with Gasteiger partial charge in [0.15, 0.2) is 0 Å². The first kappa shape index (κ1) is 24.5. The van der Waals surface area contributed by atoms with Crippen molar-refractivity contribution in [3.8, 4) is 0 Å². The van der Waals surface area contributed by atoms with Crippen molar-refractivity contribution in [1.82, 2.24) is 14.1 Å². The molecule has 0 saturated carbocycles. The minimum Gasteiger partial charge on any atom is -0.450 e. The number of hydrogen-bond acceptors (Lipinski definition) is 6. The molecule has 11 heteroatoms. The predicted molar refractivity (Wildman–Crippen MR) is 125 cm³/mol. The number of rotatable bonds is 4. The molecule has 3 amide bonds. The molecule has 10 nitrogen and oxygen atoms in total. The molecular weight excluding hydrogens is 460 g/mol. The zero-order valence-corrected chi connectivity index (χ0v) is 20.7. The van der Waals surface area contributed by atoms with Crippen LogP contribution in [0.15, 0.2) is 23.1 Å². The Morgan fingerprint density at radius 1 is 1.06 bits per heavy atom. The molecule has 2 saturated heterocycles. The third kappa shape index (κ3) is 4.38. The minimum absolute atomic E-state index is 0.0279. The van der Waals surface area contributed by atoms with Gasteiger partial charge in [-0.05, 0) is 56.9 Å². The maximum atomic E-state index is 13.5. The van der Waals surface area contributed by atoms with Gasteiger partial charge in [-0.3, -0.25) is 9.59 Å². The summed E-state index contributed by atoms with van der Waals surface area (Å²) in [5, 5.41) is 0. The molecule has 4 rings (SSSR count). The van der Waals surface area contributed by atoms with Crippen molar-refractivity contribution in [3.05, 3.63) is 23.8 Å². The van der Waals surface area contributed by atoms with Crippen LogP contribution in [-0.4, -0.2) is 91.8 Å². The zero-order valence-electron chi connectivity index (χ0n) is 19.9. The highest BCUT2D eigenvalue weighted by molar-refractivity contribution is 7.89. The van der Waals surface area contributed by atoms with E-state index in [1.165, 1.54) is 17.3 Å². The number of anilines is 1. The average Bonchev–Trinajstić information content (AvgIpc) is 3.42. The highest BCUT2D eigenvalue weighted by Crippen LogP contribution is 2.36. The minimum atomic E-state index is -3.88. The first-order chi connectivity index (χ1) is 16.1. The molecule has 2 fully saturated rings. The van der Waals surface area contributed by atoms with Gasteiger partial charge in [-0.2, -0.15) is 4.31 Å². The lowest BCUT2D eigenvalue weighted by Crippen LogP contribution is -2.55. The third-order valence-electron chi connectivity index (χ3n) is 6.82. The fraction of sp³-hybridized carbons (Fsp3) is 0.609. The molecule has 1 aromatic rings. The summed E-state index contributed by atoms with van der Waals surface area (Å²) < 4.78 is 33.4. The van der Waals surface area contributed by atoms with E-state index in [2.05, 4.69) is 0 Å². The van der Waals surface area contributed by atoms with Gasteiger partial charge in [0, 0.05) is 51.4 Å². The Labute approximate surface area is 200 Å². The van der Waals surface area contributed by atoms with Gasteiger partial charge in [-0.1, -0.05) is 0 Å². The van der Waals surface area contributed by atoms with Crippen LogP contribution in [0, 0.1) is 0 Å². The number of benzene rings is 1. The maximum Gasteiger partial charge on any atom is 0.409 e. The van der Waals surface area contributed by atoms with Crippen LogP contribution in [0.2, 0.25) is 0 Å². The molecule has 34 heavy (non-hydrogen) atoms. The Hall–Kier alpha value is -2.66. The molecule has 3 aliphatic heterocycles. The second-order valence-electron chi connectivity index (χ2n) is 9.02. The van der Waals surface area contributed by atoms with Gasteiger partial charge >= 0.3 is 6.09 Å². The Balaban J connectivity index is 1.49. The van der Waals surface area contributed by atoms with E-state index in [-0.39, 0.29) is 29.3 Å². The molecule has 0 radical (unpaired) electrons. The van der Waals surface area contributed by atoms with Crippen LogP contribution in [0.25, 0.3) is 0 Å². The monoisotopic (exact) mass is 492 g/mol. The van der Waals surface area contributed by atoms with E-state index >= 15 is 0 Å². The number of piperazine rings is 1. The van der Waals surface area contributed by atoms with Gasteiger partial charge in [0.1, 0.15) is 6.04 Å². The lowest BCUT2D eigenvalue weighted by molar-refractivity contribution is -0.136. The van der Waals surface area contributed by atoms with Gasteiger partial charge in [0.25, 0.3) is 0 Å². The van der Waals surface area contributed by atoms with Crippen molar-refractivity contribution in [1.29, 1.82) is 0 Å². The molecule has 0 aromatic heterocycles. The van der Waals surface area contributed by atoms with Crippen LogP contribution in [0.4, 0.5) is 10.5 Å². The van der Waals surface area contributed by atoms with E-state index in [4.69, 9.17) is 4.74 Å². The quantitative estimate of drug-likeness (QED) is 0.630. The second-order valence-corrected chi connectivity index (χ2v) is 10.9. The SMILES string of the molecule is CCOC(=O)N1CCN(C(=O)[C@@H]2CCCN2S(=O)(=O)c2ccc3c(c2)C[C@@H](C)N3C(C)=O)CC1. The Kier molecular flexibility index (Phi) is 6.86. The smallest absolute Gasteiger partial charge is 0.409 e. The summed E-state index contributed by atoms with van der Waals surface area (Å²) in [7, 11) is -3.88. The van der Waals surface area contributed by atoms with E-state index in [9.17, 15) is 22.8 Å². The van der Waals surface area contributed by atoms with Gasteiger partial charge in [-0.15, -0.1) is 0 Å².